The van der Waals surface area contributed by atoms with Crippen molar-refractivity contribution in [2.24, 2.45) is 0 Å². The highest BCUT2D eigenvalue weighted by molar-refractivity contribution is 8.00. The number of aromatic nitrogens is 1. The molecule has 0 radical (unpaired) electrons. The monoisotopic (exact) mass is 468 g/mol. The van der Waals surface area contributed by atoms with Crippen LogP contribution in [0, 0.1) is 6.92 Å². The number of hydrogen-bond acceptors (Lipinski definition) is 6. The van der Waals surface area contributed by atoms with Gasteiger partial charge < -0.3 is 14.8 Å². The number of ether oxygens (including phenoxy) is 2. The van der Waals surface area contributed by atoms with E-state index in [0.717, 1.165) is 16.1 Å². The fraction of sp³-hybridized carbons (Fsp3) is 0.318. The highest BCUT2D eigenvalue weighted by Crippen LogP contribution is 2.37. The lowest BCUT2D eigenvalue weighted by Crippen LogP contribution is -2.17. The molecule has 1 unspecified atom stereocenters. The van der Waals surface area contributed by atoms with Gasteiger partial charge in [-0.15, -0.1) is 11.3 Å². The zero-order valence-electron chi connectivity index (χ0n) is 17.3. The van der Waals surface area contributed by atoms with Crippen LogP contribution in [0.3, 0.4) is 0 Å². The molecular formula is C22H23F3N2O2S2. The second-order valence-electron chi connectivity index (χ2n) is 6.88. The zero-order valence-corrected chi connectivity index (χ0v) is 19.0. The van der Waals surface area contributed by atoms with Crippen molar-refractivity contribution < 1.29 is 22.6 Å². The van der Waals surface area contributed by atoms with E-state index < -0.39 is 5.51 Å². The predicted octanol–water partition coefficient (Wildman–Crippen LogP) is 6.50. The Balaban J connectivity index is 1.57. The molecule has 0 bridgehead atoms. The van der Waals surface area contributed by atoms with Crippen molar-refractivity contribution in [2.45, 2.75) is 43.4 Å². The summed E-state index contributed by atoms with van der Waals surface area (Å²) in [7, 11) is 1.57. The third-order valence-electron chi connectivity index (χ3n) is 4.40. The molecule has 0 spiro atoms. The van der Waals surface area contributed by atoms with E-state index >= 15 is 0 Å². The summed E-state index contributed by atoms with van der Waals surface area (Å²) < 4.78 is 48.6. The lowest BCUT2D eigenvalue weighted by molar-refractivity contribution is -0.0328. The first kappa shape index (κ1) is 23.4. The summed E-state index contributed by atoms with van der Waals surface area (Å²) in [5, 5.41) is 4.49. The molecule has 31 heavy (non-hydrogen) atoms. The summed E-state index contributed by atoms with van der Waals surface area (Å²) in [5.74, 6) is 1.17. The van der Waals surface area contributed by atoms with Crippen LogP contribution >= 0.6 is 23.1 Å². The molecule has 3 rings (SSSR count). The first-order valence-corrected chi connectivity index (χ1v) is 11.2. The number of nitrogens with one attached hydrogen (secondary N) is 1. The minimum absolute atomic E-state index is 0.132. The molecule has 0 fully saturated rings. The number of alkyl halides is 3. The second-order valence-corrected chi connectivity index (χ2v) is 9.28. The Morgan fingerprint density at radius 3 is 2.42 bits per heavy atom. The molecule has 0 aliphatic carbocycles. The Hall–Kier alpha value is -2.23. The Bertz CT molecular complexity index is 991. The third-order valence-corrected chi connectivity index (χ3v) is 6.24. The Kier molecular flexibility index (Phi) is 7.85. The van der Waals surface area contributed by atoms with Gasteiger partial charge in [-0.2, -0.15) is 13.2 Å². The third kappa shape index (κ3) is 7.15. The van der Waals surface area contributed by atoms with Gasteiger partial charge in [0.1, 0.15) is 11.6 Å². The van der Waals surface area contributed by atoms with Crippen LogP contribution in [0.1, 0.15) is 34.0 Å². The van der Waals surface area contributed by atoms with Gasteiger partial charge in [-0.25, -0.2) is 4.98 Å². The summed E-state index contributed by atoms with van der Waals surface area (Å²) in [4.78, 5) is 5.73. The number of aryl methyl sites for hydroxylation is 1. The van der Waals surface area contributed by atoms with Crippen LogP contribution in [0.15, 0.2) is 53.6 Å². The molecule has 1 aromatic heterocycles. The van der Waals surface area contributed by atoms with Crippen LogP contribution in [0.25, 0.3) is 0 Å². The van der Waals surface area contributed by atoms with E-state index in [2.05, 4.69) is 17.2 Å². The van der Waals surface area contributed by atoms with Gasteiger partial charge in [-0.1, -0.05) is 18.2 Å². The number of halogens is 3. The molecule has 0 aliphatic heterocycles. The second kappa shape index (κ2) is 10.4. The standard InChI is InChI=1S/C22H23F3N2O2S2/c1-14-11-27-21(30-14)15(2)26-12-17-6-9-19(20(10-17)28-3)29-13-16-4-7-18(8-5-16)31-22(23,24)25/h4-11,15,26H,12-13H2,1-3H3. The van der Waals surface area contributed by atoms with Crippen LogP contribution in [0.4, 0.5) is 13.2 Å². The molecule has 0 amide bonds. The Morgan fingerprint density at radius 2 is 1.81 bits per heavy atom. The normalized spacial score (nSPS) is 12.6. The van der Waals surface area contributed by atoms with Crippen LogP contribution in [-0.2, 0) is 13.2 Å². The van der Waals surface area contributed by atoms with E-state index in [1.54, 1.807) is 30.6 Å². The van der Waals surface area contributed by atoms with E-state index in [9.17, 15) is 13.2 Å². The largest absolute Gasteiger partial charge is 0.493 e. The van der Waals surface area contributed by atoms with E-state index in [1.165, 1.54) is 17.0 Å². The minimum atomic E-state index is -4.29. The molecule has 9 heteroatoms. The lowest BCUT2D eigenvalue weighted by atomic mass is 10.2. The topological polar surface area (TPSA) is 43.4 Å². The van der Waals surface area contributed by atoms with Crippen LogP contribution < -0.4 is 14.8 Å². The van der Waals surface area contributed by atoms with E-state index in [1.807, 2.05) is 31.3 Å². The molecule has 1 heterocycles. The first-order chi connectivity index (χ1) is 14.7. The summed E-state index contributed by atoms with van der Waals surface area (Å²) in [6.07, 6.45) is 1.87. The molecule has 1 N–H and O–H groups in total. The molecule has 166 valence electrons. The lowest BCUT2D eigenvalue weighted by Gasteiger charge is -2.15. The van der Waals surface area contributed by atoms with Crippen molar-refractivity contribution in [3.63, 3.8) is 0 Å². The van der Waals surface area contributed by atoms with Crippen LogP contribution in [0.5, 0.6) is 11.5 Å². The average Bonchev–Trinajstić information content (AvgIpc) is 3.17. The maximum atomic E-state index is 12.4. The summed E-state index contributed by atoms with van der Waals surface area (Å²) in [5.41, 5.74) is -2.48. The van der Waals surface area contributed by atoms with E-state index in [-0.39, 0.29) is 29.3 Å². The molecule has 2 aromatic carbocycles. The number of hydrogen-bond donors (Lipinski definition) is 1. The Morgan fingerprint density at radius 1 is 1.10 bits per heavy atom. The smallest absolute Gasteiger partial charge is 0.446 e. The van der Waals surface area contributed by atoms with Gasteiger partial charge in [0.25, 0.3) is 0 Å². The van der Waals surface area contributed by atoms with Crippen molar-refractivity contribution in [1.29, 1.82) is 0 Å². The number of thioether (sulfide) groups is 1. The van der Waals surface area contributed by atoms with Crippen LogP contribution in [0.2, 0.25) is 0 Å². The fourth-order valence-electron chi connectivity index (χ4n) is 2.82. The summed E-state index contributed by atoms with van der Waals surface area (Å²) >= 11 is 1.54. The fourth-order valence-corrected chi connectivity index (χ4v) is 4.16. The van der Waals surface area contributed by atoms with Gasteiger partial charge in [-0.05, 0) is 61.0 Å². The quantitative estimate of drug-likeness (QED) is 0.363. The summed E-state index contributed by atoms with van der Waals surface area (Å²) in [6.45, 7) is 4.99. The highest BCUT2D eigenvalue weighted by Gasteiger charge is 2.29. The van der Waals surface area contributed by atoms with Crippen molar-refractivity contribution >= 4 is 23.1 Å². The van der Waals surface area contributed by atoms with E-state index in [4.69, 9.17) is 9.47 Å². The van der Waals surface area contributed by atoms with Crippen LogP contribution in [-0.4, -0.2) is 17.6 Å². The van der Waals surface area contributed by atoms with Gasteiger partial charge >= 0.3 is 5.51 Å². The van der Waals surface area contributed by atoms with Gasteiger partial charge in [0.15, 0.2) is 11.5 Å². The molecule has 0 saturated carbocycles. The Labute approximate surface area is 187 Å². The number of nitrogens with zero attached hydrogens (tertiary/aromatic N) is 1. The predicted molar refractivity (Wildman–Crippen MR) is 118 cm³/mol. The van der Waals surface area contributed by atoms with Gasteiger partial charge in [-0.3, -0.25) is 0 Å². The molecule has 0 saturated heterocycles. The number of benzene rings is 2. The molecular weight excluding hydrogens is 445 g/mol. The number of methoxy groups -OCH3 is 1. The van der Waals surface area contributed by atoms with E-state index in [0.29, 0.717) is 18.0 Å². The van der Waals surface area contributed by atoms with Gasteiger partial charge in [0.05, 0.1) is 13.2 Å². The van der Waals surface area contributed by atoms with Gasteiger partial charge in [0.2, 0.25) is 0 Å². The van der Waals surface area contributed by atoms with Crippen molar-refractivity contribution in [3.8, 4) is 11.5 Å². The first-order valence-electron chi connectivity index (χ1n) is 9.53. The molecule has 0 aliphatic rings. The summed E-state index contributed by atoms with van der Waals surface area (Å²) in [6, 6.07) is 12.0. The van der Waals surface area contributed by atoms with Crippen molar-refractivity contribution in [1.82, 2.24) is 10.3 Å². The van der Waals surface area contributed by atoms with Crippen molar-refractivity contribution in [3.05, 3.63) is 69.7 Å². The number of thiazole rings is 1. The molecule has 4 nitrogen and oxygen atoms in total. The van der Waals surface area contributed by atoms with Gasteiger partial charge in [0, 0.05) is 22.5 Å². The average molecular weight is 469 g/mol. The maximum Gasteiger partial charge on any atom is 0.446 e. The van der Waals surface area contributed by atoms with Crippen molar-refractivity contribution in [2.75, 3.05) is 7.11 Å². The SMILES string of the molecule is COc1cc(CNC(C)c2ncc(C)s2)ccc1OCc1ccc(SC(F)(F)F)cc1. The molecule has 1 atom stereocenters. The minimum Gasteiger partial charge on any atom is -0.493 e. The highest BCUT2D eigenvalue weighted by atomic mass is 32.2. The zero-order chi connectivity index (χ0) is 22.4. The maximum absolute atomic E-state index is 12.4. The number of rotatable bonds is 9. The molecule has 3 aromatic rings.